The maximum absolute atomic E-state index is 11.9. The first-order valence-electron chi connectivity index (χ1n) is 6.89. The van der Waals surface area contributed by atoms with Gasteiger partial charge in [-0.2, -0.15) is 0 Å². The Bertz CT molecular complexity index is 909. The van der Waals surface area contributed by atoms with Gasteiger partial charge >= 0.3 is 5.97 Å². The highest BCUT2D eigenvalue weighted by molar-refractivity contribution is 8.01. The number of carbonyl (C=O) groups is 2. The predicted molar refractivity (Wildman–Crippen MR) is 91.8 cm³/mol. The zero-order valence-electron chi connectivity index (χ0n) is 12.2. The van der Waals surface area contributed by atoms with E-state index in [1.807, 2.05) is 36.4 Å². The van der Waals surface area contributed by atoms with Crippen molar-refractivity contribution >= 4 is 45.1 Å². The van der Waals surface area contributed by atoms with Crippen molar-refractivity contribution in [3.8, 4) is 5.75 Å². The molecule has 1 amide bonds. The van der Waals surface area contributed by atoms with E-state index in [1.54, 1.807) is 11.8 Å². The number of thiophene rings is 1. The fourth-order valence-electron chi connectivity index (χ4n) is 2.03. The number of aromatic hydroxyl groups is 1. The molecule has 3 N–H and O–H groups in total. The molecule has 0 atom stereocenters. The summed E-state index contributed by atoms with van der Waals surface area (Å²) >= 11 is 2.90. The van der Waals surface area contributed by atoms with E-state index >= 15 is 0 Å². The molecule has 0 aliphatic rings. The van der Waals surface area contributed by atoms with Gasteiger partial charge in [0.1, 0.15) is 6.54 Å². The van der Waals surface area contributed by atoms with Crippen molar-refractivity contribution in [3.63, 3.8) is 0 Å². The Balaban J connectivity index is 1.88. The standard InChI is InChI=1S/C16H12N2O4S2/c19-11(20)8-18-16(22)13-14(21)15-9(7-17-13)6-12(24-15)23-10-4-2-1-3-5-10/h1-7,21H,8H2,(H,18,22)(H,19,20). The van der Waals surface area contributed by atoms with Crippen molar-refractivity contribution in [2.75, 3.05) is 6.54 Å². The summed E-state index contributed by atoms with van der Waals surface area (Å²) in [5.41, 5.74) is -0.179. The molecular weight excluding hydrogens is 348 g/mol. The van der Waals surface area contributed by atoms with E-state index in [2.05, 4.69) is 10.3 Å². The van der Waals surface area contributed by atoms with Gasteiger partial charge in [0.25, 0.3) is 5.91 Å². The monoisotopic (exact) mass is 360 g/mol. The Hall–Kier alpha value is -2.58. The van der Waals surface area contributed by atoms with Crippen LogP contribution in [0.4, 0.5) is 0 Å². The summed E-state index contributed by atoms with van der Waals surface area (Å²) in [5, 5.41) is 21.8. The van der Waals surface area contributed by atoms with Gasteiger partial charge < -0.3 is 15.5 Å². The molecule has 8 heteroatoms. The third-order valence-corrected chi connectivity index (χ3v) is 5.37. The molecule has 1 aromatic carbocycles. The average molecular weight is 360 g/mol. The Morgan fingerprint density at radius 2 is 2.00 bits per heavy atom. The molecule has 0 bridgehead atoms. The van der Waals surface area contributed by atoms with Gasteiger partial charge in [-0.05, 0) is 18.2 Å². The number of hydrogen-bond acceptors (Lipinski definition) is 6. The van der Waals surface area contributed by atoms with E-state index in [0.29, 0.717) is 4.70 Å². The average Bonchev–Trinajstić information content (AvgIpc) is 2.97. The number of pyridine rings is 1. The largest absolute Gasteiger partial charge is 0.504 e. The summed E-state index contributed by atoms with van der Waals surface area (Å²) in [7, 11) is 0. The molecule has 2 aromatic heterocycles. The number of nitrogens with zero attached hydrogens (tertiary/aromatic N) is 1. The van der Waals surface area contributed by atoms with Crippen LogP contribution in [0.15, 0.2) is 51.7 Å². The molecule has 0 radical (unpaired) electrons. The van der Waals surface area contributed by atoms with Crippen LogP contribution in [0.3, 0.4) is 0 Å². The van der Waals surface area contributed by atoms with E-state index < -0.39 is 18.4 Å². The molecule has 0 fully saturated rings. The predicted octanol–water partition coefficient (Wildman–Crippen LogP) is 2.97. The molecule has 0 spiro atoms. The highest BCUT2D eigenvalue weighted by Crippen LogP contribution is 2.41. The molecule has 3 aromatic rings. The van der Waals surface area contributed by atoms with Gasteiger partial charge in [0.15, 0.2) is 11.4 Å². The van der Waals surface area contributed by atoms with Gasteiger partial charge in [-0.3, -0.25) is 9.59 Å². The topological polar surface area (TPSA) is 99.5 Å². The SMILES string of the molecule is O=C(O)CNC(=O)c1ncc2cc(Sc3ccccc3)sc2c1O. The minimum atomic E-state index is -1.17. The number of fused-ring (bicyclic) bond motifs is 1. The van der Waals surface area contributed by atoms with Crippen LogP contribution in [0.2, 0.25) is 0 Å². The van der Waals surface area contributed by atoms with E-state index in [1.165, 1.54) is 17.5 Å². The van der Waals surface area contributed by atoms with Gasteiger partial charge in [-0.15, -0.1) is 11.3 Å². The van der Waals surface area contributed by atoms with E-state index in [9.17, 15) is 14.7 Å². The second-order valence-electron chi connectivity index (χ2n) is 4.80. The normalized spacial score (nSPS) is 10.7. The van der Waals surface area contributed by atoms with Crippen LogP contribution in [0, 0.1) is 0 Å². The molecule has 122 valence electrons. The number of carbonyl (C=O) groups excluding carboxylic acids is 1. The Morgan fingerprint density at radius 3 is 2.71 bits per heavy atom. The van der Waals surface area contributed by atoms with Gasteiger partial charge in [-0.1, -0.05) is 30.0 Å². The zero-order chi connectivity index (χ0) is 17.1. The van der Waals surface area contributed by atoms with Crippen LogP contribution >= 0.6 is 23.1 Å². The number of aliphatic carboxylic acids is 1. The number of carboxylic acid groups (broad SMARTS) is 1. The maximum atomic E-state index is 11.9. The summed E-state index contributed by atoms with van der Waals surface area (Å²) in [5.74, 6) is -2.12. The third-order valence-electron chi connectivity index (χ3n) is 3.09. The minimum Gasteiger partial charge on any atom is -0.504 e. The first kappa shape index (κ1) is 16.3. The molecule has 6 nitrogen and oxygen atoms in total. The van der Waals surface area contributed by atoms with E-state index in [4.69, 9.17) is 5.11 Å². The highest BCUT2D eigenvalue weighted by Gasteiger charge is 2.18. The van der Waals surface area contributed by atoms with E-state index in [-0.39, 0.29) is 11.4 Å². The molecule has 24 heavy (non-hydrogen) atoms. The van der Waals surface area contributed by atoms with Crippen LogP contribution in [-0.2, 0) is 4.79 Å². The Labute approximate surface area is 145 Å². The lowest BCUT2D eigenvalue weighted by molar-refractivity contribution is -0.135. The second kappa shape index (κ2) is 6.90. The molecule has 0 aliphatic carbocycles. The molecular formula is C16H12N2O4S2. The summed E-state index contributed by atoms with van der Waals surface area (Å²) in [6.07, 6.45) is 1.50. The fourth-order valence-corrected chi connectivity index (χ4v) is 4.25. The van der Waals surface area contributed by atoms with Crippen molar-refractivity contribution < 1.29 is 19.8 Å². The molecule has 2 heterocycles. The maximum Gasteiger partial charge on any atom is 0.322 e. The second-order valence-corrected chi connectivity index (χ2v) is 7.22. The smallest absolute Gasteiger partial charge is 0.322 e. The summed E-state index contributed by atoms with van der Waals surface area (Å²) in [6, 6.07) is 11.7. The summed E-state index contributed by atoms with van der Waals surface area (Å²) in [4.78, 5) is 27.4. The van der Waals surface area contributed by atoms with Gasteiger partial charge in [0.2, 0.25) is 0 Å². The summed E-state index contributed by atoms with van der Waals surface area (Å²) < 4.78 is 1.50. The van der Waals surface area contributed by atoms with Crippen LogP contribution < -0.4 is 5.32 Å². The Kier molecular flexibility index (Phi) is 4.68. The van der Waals surface area contributed by atoms with E-state index in [0.717, 1.165) is 14.5 Å². The molecule has 0 saturated carbocycles. The van der Waals surface area contributed by atoms with Crippen molar-refractivity contribution in [2.24, 2.45) is 0 Å². The lowest BCUT2D eigenvalue weighted by Crippen LogP contribution is -2.29. The number of carboxylic acids is 1. The molecule has 0 aliphatic heterocycles. The number of rotatable bonds is 5. The number of benzene rings is 1. The molecule has 3 rings (SSSR count). The van der Waals surface area contributed by atoms with Crippen LogP contribution in [0.1, 0.15) is 10.5 Å². The first-order valence-corrected chi connectivity index (χ1v) is 8.52. The molecule has 0 unspecified atom stereocenters. The summed E-state index contributed by atoms with van der Waals surface area (Å²) in [6.45, 7) is -0.530. The van der Waals surface area contributed by atoms with Crippen LogP contribution in [0.25, 0.3) is 10.1 Å². The number of hydrogen-bond donors (Lipinski definition) is 3. The number of aromatic nitrogens is 1. The van der Waals surface area contributed by atoms with Crippen LogP contribution in [0.5, 0.6) is 5.75 Å². The number of nitrogens with one attached hydrogen (secondary N) is 1. The van der Waals surface area contributed by atoms with Crippen molar-refractivity contribution in [1.29, 1.82) is 0 Å². The fraction of sp³-hybridized carbons (Fsp3) is 0.0625. The van der Waals surface area contributed by atoms with Crippen molar-refractivity contribution in [2.45, 2.75) is 9.10 Å². The molecule has 0 saturated heterocycles. The van der Waals surface area contributed by atoms with Crippen molar-refractivity contribution in [1.82, 2.24) is 10.3 Å². The van der Waals surface area contributed by atoms with Gasteiger partial charge in [-0.25, -0.2) is 4.98 Å². The van der Waals surface area contributed by atoms with Gasteiger partial charge in [0.05, 0.1) is 8.91 Å². The van der Waals surface area contributed by atoms with Crippen LogP contribution in [-0.4, -0.2) is 33.6 Å². The van der Waals surface area contributed by atoms with Crippen molar-refractivity contribution in [3.05, 3.63) is 48.3 Å². The lowest BCUT2D eigenvalue weighted by Gasteiger charge is -2.04. The van der Waals surface area contributed by atoms with Gasteiger partial charge in [0, 0.05) is 16.5 Å². The number of amides is 1. The zero-order valence-corrected chi connectivity index (χ0v) is 13.9. The third kappa shape index (κ3) is 3.50. The highest BCUT2D eigenvalue weighted by atomic mass is 32.2. The first-order chi connectivity index (χ1) is 11.5. The Morgan fingerprint density at radius 1 is 1.25 bits per heavy atom. The quantitative estimate of drug-likeness (QED) is 0.647. The minimum absolute atomic E-state index is 0.179. The lowest BCUT2D eigenvalue weighted by atomic mass is 10.2.